The zero-order valence-electron chi connectivity index (χ0n) is 12.1. The molecule has 0 atom stereocenters. The van der Waals surface area contributed by atoms with Crippen molar-refractivity contribution in [1.82, 2.24) is 4.98 Å². The van der Waals surface area contributed by atoms with Gasteiger partial charge < -0.3 is 14.3 Å². The molecule has 3 aromatic rings. The molecule has 24 heavy (non-hydrogen) atoms. The number of rotatable bonds is 4. The Balaban J connectivity index is 2.09. The standard InChI is InChI=1S/C16H10N2O6/c1-9(13-6-7-15(23-13)18(21)22)12-8-14(24-16(19)20)10-4-2-3-5-11(10)17-12/h2-8H,1H2,(H,19,20). The molecular formula is C16H10N2O6. The minimum Gasteiger partial charge on any atom is -0.449 e. The summed E-state index contributed by atoms with van der Waals surface area (Å²) in [5.74, 6) is -0.176. The van der Waals surface area contributed by atoms with Gasteiger partial charge in [0.1, 0.15) is 16.4 Å². The van der Waals surface area contributed by atoms with Gasteiger partial charge in [0.2, 0.25) is 0 Å². The molecule has 0 fully saturated rings. The summed E-state index contributed by atoms with van der Waals surface area (Å²) in [7, 11) is 0. The number of furan rings is 1. The number of hydrogen-bond donors (Lipinski definition) is 1. The van der Waals surface area contributed by atoms with E-state index in [1.165, 1.54) is 18.2 Å². The molecule has 0 radical (unpaired) electrons. The van der Waals surface area contributed by atoms with E-state index in [4.69, 9.17) is 14.3 Å². The number of ether oxygens (including phenoxy) is 1. The van der Waals surface area contributed by atoms with Crippen LogP contribution in [0.2, 0.25) is 0 Å². The molecule has 0 aliphatic heterocycles. The quantitative estimate of drug-likeness (QED) is 0.439. The molecule has 0 saturated carbocycles. The summed E-state index contributed by atoms with van der Waals surface area (Å²) in [6.45, 7) is 3.81. The minimum atomic E-state index is -1.46. The van der Waals surface area contributed by atoms with Crippen LogP contribution in [-0.2, 0) is 0 Å². The molecule has 0 saturated heterocycles. The number of aromatic nitrogens is 1. The van der Waals surface area contributed by atoms with Crippen molar-refractivity contribution in [2.45, 2.75) is 0 Å². The van der Waals surface area contributed by atoms with Gasteiger partial charge in [0.25, 0.3) is 0 Å². The second kappa shape index (κ2) is 5.84. The maximum absolute atomic E-state index is 10.9. The van der Waals surface area contributed by atoms with Crippen LogP contribution in [0.1, 0.15) is 11.5 Å². The molecule has 3 rings (SSSR count). The molecule has 0 aliphatic carbocycles. The lowest BCUT2D eigenvalue weighted by molar-refractivity contribution is -0.402. The first-order valence-electron chi connectivity index (χ1n) is 6.70. The highest BCUT2D eigenvalue weighted by atomic mass is 16.7. The van der Waals surface area contributed by atoms with E-state index < -0.39 is 17.0 Å². The number of nitrogens with zero attached hydrogens (tertiary/aromatic N) is 2. The first-order chi connectivity index (χ1) is 11.5. The van der Waals surface area contributed by atoms with Crippen LogP contribution in [0.15, 0.2) is 53.5 Å². The molecule has 1 aromatic carbocycles. The van der Waals surface area contributed by atoms with Crippen LogP contribution in [0, 0.1) is 10.1 Å². The number of pyridine rings is 1. The summed E-state index contributed by atoms with van der Waals surface area (Å²) < 4.78 is 9.89. The predicted molar refractivity (Wildman–Crippen MR) is 83.9 cm³/mol. The zero-order chi connectivity index (χ0) is 17.3. The number of carboxylic acid groups (broad SMARTS) is 1. The molecule has 1 N–H and O–H groups in total. The highest BCUT2D eigenvalue weighted by Crippen LogP contribution is 2.31. The Morgan fingerprint density at radius 1 is 1.29 bits per heavy atom. The first kappa shape index (κ1) is 15.2. The molecule has 120 valence electrons. The molecule has 0 aliphatic rings. The summed E-state index contributed by atoms with van der Waals surface area (Å²) >= 11 is 0. The van der Waals surface area contributed by atoms with E-state index >= 15 is 0 Å². The molecule has 0 unspecified atom stereocenters. The Hall–Kier alpha value is -3.68. The molecule has 0 amide bonds. The Labute approximate surface area is 134 Å². The molecule has 2 aromatic heterocycles. The maximum Gasteiger partial charge on any atom is 0.511 e. The summed E-state index contributed by atoms with van der Waals surface area (Å²) in [6, 6.07) is 10.8. The van der Waals surface area contributed by atoms with Gasteiger partial charge >= 0.3 is 12.0 Å². The van der Waals surface area contributed by atoms with E-state index in [-0.39, 0.29) is 22.8 Å². The van der Waals surface area contributed by atoms with Gasteiger partial charge in [-0.25, -0.2) is 9.78 Å². The van der Waals surface area contributed by atoms with Crippen molar-refractivity contribution in [2.75, 3.05) is 0 Å². The molecule has 2 heterocycles. The Kier molecular flexibility index (Phi) is 3.70. The molecule has 0 bridgehead atoms. The second-order valence-electron chi connectivity index (χ2n) is 4.76. The van der Waals surface area contributed by atoms with Gasteiger partial charge in [-0.2, -0.15) is 0 Å². The van der Waals surface area contributed by atoms with Gasteiger partial charge in [-0.1, -0.05) is 18.7 Å². The van der Waals surface area contributed by atoms with Crippen LogP contribution >= 0.6 is 0 Å². The van der Waals surface area contributed by atoms with E-state index in [9.17, 15) is 14.9 Å². The fraction of sp³-hybridized carbons (Fsp3) is 0. The van der Waals surface area contributed by atoms with Crippen molar-refractivity contribution in [3.8, 4) is 5.75 Å². The second-order valence-corrected chi connectivity index (χ2v) is 4.76. The minimum absolute atomic E-state index is 0.0882. The zero-order valence-corrected chi connectivity index (χ0v) is 12.1. The summed E-state index contributed by atoms with van der Waals surface area (Å²) in [4.78, 5) is 25.3. The van der Waals surface area contributed by atoms with Crippen molar-refractivity contribution < 1.29 is 24.0 Å². The number of nitro groups is 1. The van der Waals surface area contributed by atoms with Crippen LogP contribution in [0.25, 0.3) is 16.5 Å². The van der Waals surface area contributed by atoms with Gasteiger partial charge in [0.05, 0.1) is 17.3 Å². The summed E-state index contributed by atoms with van der Waals surface area (Å²) in [6.07, 6.45) is -1.46. The number of para-hydroxylation sites is 1. The summed E-state index contributed by atoms with van der Waals surface area (Å²) in [5, 5.41) is 20.1. The normalized spacial score (nSPS) is 10.5. The Morgan fingerprint density at radius 3 is 2.71 bits per heavy atom. The first-order valence-corrected chi connectivity index (χ1v) is 6.70. The number of hydrogen-bond acceptors (Lipinski definition) is 6. The third-order valence-electron chi connectivity index (χ3n) is 3.25. The van der Waals surface area contributed by atoms with Crippen molar-refractivity contribution in [3.05, 3.63) is 70.6 Å². The summed E-state index contributed by atoms with van der Waals surface area (Å²) in [5.41, 5.74) is 1.05. The van der Waals surface area contributed by atoms with Gasteiger partial charge in [-0.15, -0.1) is 0 Å². The average Bonchev–Trinajstić information content (AvgIpc) is 3.03. The van der Waals surface area contributed by atoms with E-state index in [2.05, 4.69) is 11.6 Å². The highest BCUT2D eigenvalue weighted by molar-refractivity contribution is 5.89. The van der Waals surface area contributed by atoms with Gasteiger partial charge in [-0.05, 0) is 18.2 Å². The van der Waals surface area contributed by atoms with Crippen molar-refractivity contribution >= 4 is 28.5 Å². The molecular weight excluding hydrogens is 316 g/mol. The van der Waals surface area contributed by atoms with Crippen LogP contribution < -0.4 is 4.74 Å². The number of fused-ring (bicyclic) bond motifs is 1. The molecule has 0 spiro atoms. The average molecular weight is 326 g/mol. The number of carbonyl (C=O) groups is 1. The largest absolute Gasteiger partial charge is 0.511 e. The third-order valence-corrected chi connectivity index (χ3v) is 3.25. The smallest absolute Gasteiger partial charge is 0.449 e. The van der Waals surface area contributed by atoms with E-state index in [1.54, 1.807) is 24.3 Å². The topological polar surface area (TPSA) is 116 Å². The predicted octanol–water partition coefficient (Wildman–Crippen LogP) is 3.85. The molecule has 8 heteroatoms. The van der Waals surface area contributed by atoms with Crippen LogP contribution in [0.5, 0.6) is 5.75 Å². The lowest BCUT2D eigenvalue weighted by atomic mass is 10.1. The lowest BCUT2D eigenvalue weighted by Gasteiger charge is -2.09. The van der Waals surface area contributed by atoms with E-state index in [1.807, 2.05) is 0 Å². The highest BCUT2D eigenvalue weighted by Gasteiger charge is 2.18. The monoisotopic (exact) mass is 326 g/mol. The fourth-order valence-corrected chi connectivity index (χ4v) is 2.19. The van der Waals surface area contributed by atoms with Crippen LogP contribution in [-0.4, -0.2) is 21.2 Å². The number of benzene rings is 1. The van der Waals surface area contributed by atoms with Crippen molar-refractivity contribution in [1.29, 1.82) is 0 Å². The third kappa shape index (κ3) is 2.80. The molecule has 8 nitrogen and oxygen atoms in total. The SMILES string of the molecule is C=C(c1cc(OC(=O)O)c2ccccc2n1)c1ccc([N+](=O)[O-])o1. The lowest BCUT2D eigenvalue weighted by Crippen LogP contribution is -2.04. The Bertz CT molecular complexity index is 976. The van der Waals surface area contributed by atoms with Gasteiger partial charge in [0, 0.05) is 17.0 Å². The fourth-order valence-electron chi connectivity index (χ4n) is 2.19. The maximum atomic E-state index is 10.9. The van der Waals surface area contributed by atoms with Gasteiger partial charge in [-0.3, -0.25) is 10.1 Å². The van der Waals surface area contributed by atoms with Gasteiger partial charge in [0.15, 0.2) is 0 Å². The van der Waals surface area contributed by atoms with E-state index in [0.29, 0.717) is 10.9 Å². The van der Waals surface area contributed by atoms with Crippen LogP contribution in [0.3, 0.4) is 0 Å². The van der Waals surface area contributed by atoms with Crippen molar-refractivity contribution in [2.24, 2.45) is 0 Å². The Morgan fingerprint density at radius 2 is 2.04 bits per heavy atom. The van der Waals surface area contributed by atoms with E-state index in [0.717, 1.165) is 0 Å². The van der Waals surface area contributed by atoms with Crippen LogP contribution in [0.4, 0.5) is 10.7 Å². The van der Waals surface area contributed by atoms with Crippen molar-refractivity contribution in [3.63, 3.8) is 0 Å².